The SMILES string of the molecule is CC(C)(C)C(N)c1nc(-c2ccc(Cl)cn2)no1. The van der Waals surface area contributed by atoms with Crippen LogP contribution in [0.1, 0.15) is 32.7 Å². The molecule has 0 aromatic carbocycles. The van der Waals surface area contributed by atoms with Crippen LogP contribution in [-0.4, -0.2) is 15.1 Å². The van der Waals surface area contributed by atoms with E-state index in [1.54, 1.807) is 12.1 Å². The first-order valence-corrected chi connectivity index (χ1v) is 5.97. The molecule has 0 amide bonds. The fraction of sp³-hybridized carbons (Fsp3) is 0.417. The molecule has 0 bridgehead atoms. The lowest BCUT2D eigenvalue weighted by Gasteiger charge is -2.23. The number of aromatic nitrogens is 3. The van der Waals surface area contributed by atoms with Crippen LogP contribution in [0, 0.1) is 5.41 Å². The number of hydrogen-bond donors (Lipinski definition) is 1. The van der Waals surface area contributed by atoms with E-state index in [1.807, 2.05) is 20.8 Å². The minimum absolute atomic E-state index is 0.142. The first kappa shape index (κ1) is 13.0. The monoisotopic (exact) mass is 266 g/mol. The molecule has 96 valence electrons. The summed E-state index contributed by atoms with van der Waals surface area (Å²) in [6.07, 6.45) is 1.54. The summed E-state index contributed by atoms with van der Waals surface area (Å²) >= 11 is 5.77. The number of pyridine rings is 1. The molecular weight excluding hydrogens is 252 g/mol. The van der Waals surface area contributed by atoms with E-state index in [-0.39, 0.29) is 11.5 Å². The van der Waals surface area contributed by atoms with Gasteiger partial charge in [0.15, 0.2) is 0 Å². The minimum Gasteiger partial charge on any atom is -0.337 e. The fourth-order valence-corrected chi connectivity index (χ4v) is 1.46. The second-order valence-corrected chi connectivity index (χ2v) is 5.60. The van der Waals surface area contributed by atoms with E-state index in [2.05, 4.69) is 15.1 Å². The van der Waals surface area contributed by atoms with Gasteiger partial charge in [0.1, 0.15) is 5.69 Å². The lowest BCUT2D eigenvalue weighted by molar-refractivity contribution is 0.253. The second-order valence-electron chi connectivity index (χ2n) is 5.16. The molecule has 1 unspecified atom stereocenters. The van der Waals surface area contributed by atoms with Crippen LogP contribution in [0.25, 0.3) is 11.5 Å². The fourth-order valence-electron chi connectivity index (χ4n) is 1.34. The van der Waals surface area contributed by atoms with Crippen molar-refractivity contribution < 1.29 is 4.52 Å². The Balaban J connectivity index is 2.28. The van der Waals surface area contributed by atoms with Crippen molar-refractivity contribution >= 4 is 11.6 Å². The Morgan fingerprint density at radius 3 is 2.61 bits per heavy atom. The molecule has 0 aliphatic rings. The van der Waals surface area contributed by atoms with E-state index in [0.717, 1.165) is 0 Å². The number of rotatable bonds is 2. The third-order valence-electron chi connectivity index (χ3n) is 2.60. The summed E-state index contributed by atoms with van der Waals surface area (Å²) < 4.78 is 5.18. The van der Waals surface area contributed by atoms with Gasteiger partial charge in [-0.2, -0.15) is 4.98 Å². The van der Waals surface area contributed by atoms with E-state index >= 15 is 0 Å². The largest absolute Gasteiger partial charge is 0.337 e. The Hall–Kier alpha value is -1.46. The number of halogens is 1. The van der Waals surface area contributed by atoms with Crippen LogP contribution in [0.3, 0.4) is 0 Å². The number of nitrogens with two attached hydrogens (primary N) is 1. The summed E-state index contributed by atoms with van der Waals surface area (Å²) in [4.78, 5) is 8.39. The highest BCUT2D eigenvalue weighted by molar-refractivity contribution is 6.30. The van der Waals surface area contributed by atoms with Gasteiger partial charge in [-0.15, -0.1) is 0 Å². The first-order valence-electron chi connectivity index (χ1n) is 5.59. The number of nitrogens with zero attached hydrogens (tertiary/aromatic N) is 3. The molecule has 6 heteroatoms. The summed E-state index contributed by atoms with van der Waals surface area (Å²) in [7, 11) is 0. The predicted octanol–water partition coefficient (Wildman–Crippen LogP) is 2.83. The van der Waals surface area contributed by atoms with E-state index in [9.17, 15) is 0 Å². The third kappa shape index (κ3) is 2.68. The van der Waals surface area contributed by atoms with Gasteiger partial charge in [0.05, 0.1) is 11.1 Å². The summed E-state index contributed by atoms with van der Waals surface area (Å²) in [6, 6.07) is 3.15. The van der Waals surface area contributed by atoms with Crippen LogP contribution in [-0.2, 0) is 0 Å². The smallest absolute Gasteiger partial charge is 0.244 e. The molecule has 0 radical (unpaired) electrons. The van der Waals surface area contributed by atoms with Gasteiger partial charge in [-0.25, -0.2) is 0 Å². The highest BCUT2D eigenvalue weighted by atomic mass is 35.5. The van der Waals surface area contributed by atoms with Crippen molar-refractivity contribution in [1.82, 2.24) is 15.1 Å². The molecular formula is C12H15ClN4O. The van der Waals surface area contributed by atoms with Crippen molar-refractivity contribution in [2.75, 3.05) is 0 Å². The Labute approximate surface area is 110 Å². The first-order chi connectivity index (χ1) is 8.38. The molecule has 2 heterocycles. The van der Waals surface area contributed by atoms with Crippen molar-refractivity contribution in [2.45, 2.75) is 26.8 Å². The molecule has 0 fully saturated rings. The average Bonchev–Trinajstić information content (AvgIpc) is 2.77. The molecule has 0 saturated carbocycles. The van der Waals surface area contributed by atoms with Gasteiger partial charge in [-0.3, -0.25) is 4.98 Å². The topological polar surface area (TPSA) is 77.8 Å². The van der Waals surface area contributed by atoms with Crippen LogP contribution in [0.5, 0.6) is 0 Å². The van der Waals surface area contributed by atoms with Gasteiger partial charge < -0.3 is 10.3 Å². The Bertz CT molecular complexity index is 530. The Morgan fingerprint density at radius 2 is 2.06 bits per heavy atom. The molecule has 0 spiro atoms. The second kappa shape index (κ2) is 4.66. The molecule has 2 aromatic rings. The summed E-state index contributed by atoms with van der Waals surface area (Å²) in [5, 5.41) is 4.44. The molecule has 1 atom stereocenters. The Morgan fingerprint density at radius 1 is 1.33 bits per heavy atom. The molecule has 2 aromatic heterocycles. The lowest BCUT2D eigenvalue weighted by Crippen LogP contribution is -2.26. The normalized spacial score (nSPS) is 13.6. The van der Waals surface area contributed by atoms with E-state index in [1.165, 1.54) is 6.20 Å². The van der Waals surface area contributed by atoms with Gasteiger partial charge in [-0.05, 0) is 17.5 Å². The highest BCUT2D eigenvalue weighted by Crippen LogP contribution is 2.30. The highest BCUT2D eigenvalue weighted by Gasteiger charge is 2.27. The summed E-state index contributed by atoms with van der Waals surface area (Å²) in [6.45, 7) is 6.05. The quantitative estimate of drug-likeness (QED) is 0.904. The van der Waals surface area contributed by atoms with E-state index in [4.69, 9.17) is 21.9 Å². The maximum atomic E-state index is 6.05. The maximum Gasteiger partial charge on any atom is 0.244 e. The Kier molecular flexibility index (Phi) is 3.36. The summed E-state index contributed by atoms with van der Waals surface area (Å²) in [5.74, 6) is 0.829. The van der Waals surface area contributed by atoms with E-state index in [0.29, 0.717) is 22.4 Å². The van der Waals surface area contributed by atoms with Gasteiger partial charge >= 0.3 is 0 Å². The molecule has 2 rings (SSSR count). The predicted molar refractivity (Wildman–Crippen MR) is 68.9 cm³/mol. The molecule has 5 nitrogen and oxygen atoms in total. The molecule has 2 N–H and O–H groups in total. The zero-order valence-corrected chi connectivity index (χ0v) is 11.3. The van der Waals surface area contributed by atoms with Crippen molar-refractivity contribution in [2.24, 2.45) is 11.1 Å². The van der Waals surface area contributed by atoms with Crippen LogP contribution >= 0.6 is 11.6 Å². The van der Waals surface area contributed by atoms with E-state index < -0.39 is 0 Å². The molecule has 0 aliphatic heterocycles. The van der Waals surface area contributed by atoms with Crippen molar-refractivity contribution in [3.8, 4) is 11.5 Å². The van der Waals surface area contributed by atoms with Gasteiger partial charge in [0, 0.05) is 6.20 Å². The third-order valence-corrected chi connectivity index (χ3v) is 2.82. The van der Waals surface area contributed by atoms with Crippen molar-refractivity contribution in [3.63, 3.8) is 0 Å². The zero-order chi connectivity index (χ0) is 13.3. The van der Waals surface area contributed by atoms with Crippen LogP contribution < -0.4 is 5.73 Å². The van der Waals surface area contributed by atoms with Gasteiger partial charge in [0.2, 0.25) is 11.7 Å². The zero-order valence-electron chi connectivity index (χ0n) is 10.5. The van der Waals surface area contributed by atoms with Crippen LogP contribution in [0.15, 0.2) is 22.9 Å². The lowest BCUT2D eigenvalue weighted by atomic mass is 9.87. The number of hydrogen-bond acceptors (Lipinski definition) is 5. The van der Waals surface area contributed by atoms with Gasteiger partial charge in [0.25, 0.3) is 0 Å². The van der Waals surface area contributed by atoms with Crippen molar-refractivity contribution in [1.29, 1.82) is 0 Å². The van der Waals surface area contributed by atoms with Crippen LogP contribution in [0.2, 0.25) is 5.02 Å². The van der Waals surface area contributed by atoms with Gasteiger partial charge in [-0.1, -0.05) is 37.5 Å². The average molecular weight is 267 g/mol. The molecule has 18 heavy (non-hydrogen) atoms. The molecule has 0 aliphatic carbocycles. The molecule has 0 saturated heterocycles. The van der Waals surface area contributed by atoms with Crippen molar-refractivity contribution in [3.05, 3.63) is 29.2 Å². The minimum atomic E-state index is -0.314. The summed E-state index contributed by atoms with van der Waals surface area (Å²) in [5.41, 5.74) is 6.52. The van der Waals surface area contributed by atoms with Crippen LogP contribution in [0.4, 0.5) is 0 Å². The maximum absolute atomic E-state index is 6.05. The standard InChI is InChI=1S/C12H15ClN4O/c1-12(2,3)9(14)11-16-10(17-18-11)8-5-4-7(13)6-15-8/h4-6,9H,14H2,1-3H3.